The molecule has 2 aliphatic rings. The van der Waals surface area contributed by atoms with E-state index in [1.54, 1.807) is 5.30 Å². The molecular formula is C17H20N3P. The lowest BCUT2D eigenvalue weighted by atomic mass is 9.94. The van der Waals surface area contributed by atoms with Gasteiger partial charge in [-0.1, -0.05) is 18.7 Å². The van der Waals surface area contributed by atoms with Crippen LogP contribution in [-0.2, 0) is 12.8 Å². The minimum absolute atomic E-state index is 0.652. The summed E-state index contributed by atoms with van der Waals surface area (Å²) in [4.78, 5) is 0. The third-order valence-corrected chi connectivity index (χ3v) is 5.57. The molecule has 0 spiro atoms. The molecule has 0 bridgehead atoms. The highest BCUT2D eigenvalue weighted by molar-refractivity contribution is 7.26. The van der Waals surface area contributed by atoms with E-state index in [1.165, 1.54) is 48.2 Å². The molecule has 1 aliphatic heterocycles. The van der Waals surface area contributed by atoms with Gasteiger partial charge in [0.15, 0.2) is 0 Å². The molecule has 4 heteroatoms. The number of anilines is 2. The first kappa shape index (κ1) is 13.0. The number of rotatable bonds is 1. The molecular weight excluding hydrogens is 277 g/mol. The third-order valence-electron chi connectivity index (χ3n) is 4.42. The largest absolute Gasteiger partial charge is 0.382 e. The molecule has 1 aromatic carbocycles. The van der Waals surface area contributed by atoms with Gasteiger partial charge in [-0.3, -0.25) is 0 Å². The van der Waals surface area contributed by atoms with Crippen molar-refractivity contribution >= 4 is 19.7 Å². The Morgan fingerprint density at radius 2 is 2.05 bits per heavy atom. The van der Waals surface area contributed by atoms with Crippen molar-refractivity contribution < 1.29 is 0 Å². The van der Waals surface area contributed by atoms with Gasteiger partial charge in [0.1, 0.15) is 0 Å². The van der Waals surface area contributed by atoms with E-state index in [1.807, 2.05) is 0 Å². The summed E-state index contributed by atoms with van der Waals surface area (Å²) in [5.74, 6) is 0. The van der Waals surface area contributed by atoms with E-state index in [0.717, 1.165) is 24.4 Å². The predicted octanol–water partition coefficient (Wildman–Crippen LogP) is 4.40. The average Bonchev–Trinajstić information content (AvgIpc) is 2.82. The minimum atomic E-state index is 0.652. The molecule has 1 atom stereocenters. The molecule has 0 saturated heterocycles. The first-order chi connectivity index (χ1) is 10.3. The van der Waals surface area contributed by atoms with Crippen molar-refractivity contribution in [2.45, 2.75) is 32.1 Å². The standard InChI is InChI=1S/C17H20N3P/c1-11-9-10-18-17-13(6-4-7-14(17)19-11)16-12-5-2-3-8-15(12)21-20-16/h4,6-7,18-19,21H,1-3,5,8-10H2. The lowest BCUT2D eigenvalue weighted by Gasteiger charge is -2.16. The SMILES string of the molecule is C=C1CCNc2c(cccc2-c2n[pH]c3c2CCCC3)N1. The molecule has 2 aromatic rings. The molecule has 2 heterocycles. The number of fused-ring (bicyclic) bond motifs is 2. The minimum Gasteiger partial charge on any atom is -0.382 e. The topological polar surface area (TPSA) is 37.0 Å². The smallest absolute Gasteiger partial charge is 0.0800 e. The number of hydrogen-bond donors (Lipinski definition) is 2. The van der Waals surface area contributed by atoms with Crippen LogP contribution in [-0.4, -0.2) is 11.3 Å². The first-order valence-electron chi connectivity index (χ1n) is 7.71. The lowest BCUT2D eigenvalue weighted by Crippen LogP contribution is -2.03. The summed E-state index contributed by atoms with van der Waals surface area (Å²) < 4.78 is 4.89. The second-order valence-corrected chi connectivity index (χ2v) is 6.92. The summed E-state index contributed by atoms with van der Waals surface area (Å²) in [5.41, 5.74) is 7.42. The van der Waals surface area contributed by atoms with E-state index in [-0.39, 0.29) is 0 Å². The molecule has 21 heavy (non-hydrogen) atoms. The summed E-state index contributed by atoms with van der Waals surface area (Å²) in [7, 11) is 0.652. The van der Waals surface area contributed by atoms with Gasteiger partial charge in [-0.05, 0) is 51.0 Å². The summed E-state index contributed by atoms with van der Waals surface area (Å²) >= 11 is 0. The number of nitrogens with one attached hydrogen (secondary N) is 2. The average molecular weight is 297 g/mol. The molecule has 1 aromatic heterocycles. The van der Waals surface area contributed by atoms with Crippen LogP contribution < -0.4 is 10.6 Å². The third kappa shape index (κ3) is 2.26. The fraction of sp³-hybridized carbons (Fsp3) is 0.353. The Balaban J connectivity index is 1.84. The van der Waals surface area contributed by atoms with Gasteiger partial charge in [0, 0.05) is 24.2 Å². The second kappa shape index (κ2) is 5.23. The zero-order valence-electron chi connectivity index (χ0n) is 12.1. The van der Waals surface area contributed by atoms with Gasteiger partial charge >= 0.3 is 0 Å². The Morgan fingerprint density at radius 1 is 1.14 bits per heavy atom. The zero-order valence-corrected chi connectivity index (χ0v) is 13.1. The van der Waals surface area contributed by atoms with Gasteiger partial charge in [0.05, 0.1) is 17.1 Å². The molecule has 0 radical (unpaired) electrons. The maximum Gasteiger partial charge on any atom is 0.0800 e. The summed E-state index contributed by atoms with van der Waals surface area (Å²) in [5, 5.41) is 8.60. The van der Waals surface area contributed by atoms with Gasteiger partial charge in [0.2, 0.25) is 0 Å². The van der Waals surface area contributed by atoms with Crippen LogP contribution in [0.5, 0.6) is 0 Å². The molecule has 2 N–H and O–H groups in total. The van der Waals surface area contributed by atoms with Gasteiger partial charge in [-0.25, -0.2) is 4.75 Å². The normalized spacial score (nSPS) is 17.6. The van der Waals surface area contributed by atoms with E-state index in [0.29, 0.717) is 8.35 Å². The Morgan fingerprint density at radius 3 is 3.00 bits per heavy atom. The number of nitrogens with zero attached hydrogens (tertiary/aromatic N) is 1. The van der Waals surface area contributed by atoms with Gasteiger partial charge < -0.3 is 10.6 Å². The van der Waals surface area contributed by atoms with Crippen LogP contribution in [0.3, 0.4) is 0 Å². The number of benzene rings is 1. The Labute approximate surface area is 127 Å². The number of hydrogen-bond acceptors (Lipinski definition) is 3. The van der Waals surface area contributed by atoms with Crippen molar-refractivity contribution in [2.75, 3.05) is 17.2 Å². The van der Waals surface area contributed by atoms with E-state index >= 15 is 0 Å². The maximum absolute atomic E-state index is 4.89. The predicted molar refractivity (Wildman–Crippen MR) is 91.7 cm³/mol. The number of aromatic nitrogens is 1. The first-order valence-corrected chi connectivity index (χ1v) is 8.66. The summed E-state index contributed by atoms with van der Waals surface area (Å²) in [6.07, 6.45) is 6.04. The van der Waals surface area contributed by atoms with Crippen LogP contribution in [0.1, 0.15) is 30.1 Å². The van der Waals surface area contributed by atoms with Crippen LogP contribution in [0.2, 0.25) is 0 Å². The maximum atomic E-state index is 4.89. The van der Waals surface area contributed by atoms with Crippen LogP contribution in [0, 0.1) is 0 Å². The fourth-order valence-corrected chi connectivity index (χ4v) is 4.51. The van der Waals surface area contributed by atoms with E-state index in [9.17, 15) is 0 Å². The van der Waals surface area contributed by atoms with Crippen molar-refractivity contribution in [3.8, 4) is 11.3 Å². The highest BCUT2D eigenvalue weighted by atomic mass is 31.0. The zero-order chi connectivity index (χ0) is 14.2. The van der Waals surface area contributed by atoms with Crippen LogP contribution in [0.15, 0.2) is 30.5 Å². The quantitative estimate of drug-likeness (QED) is 0.819. The van der Waals surface area contributed by atoms with Gasteiger partial charge in [0.25, 0.3) is 0 Å². The molecule has 0 amide bonds. The van der Waals surface area contributed by atoms with E-state index in [4.69, 9.17) is 4.75 Å². The molecule has 0 fully saturated rings. The Hall–Kier alpha value is -1.73. The lowest BCUT2D eigenvalue weighted by molar-refractivity contribution is 0.698. The summed E-state index contributed by atoms with van der Waals surface area (Å²) in [6.45, 7) is 5.00. The highest BCUT2D eigenvalue weighted by Crippen LogP contribution is 2.42. The Bertz CT molecular complexity index is 702. The monoisotopic (exact) mass is 297 g/mol. The van der Waals surface area contributed by atoms with Crippen LogP contribution in [0.4, 0.5) is 11.4 Å². The number of para-hydroxylation sites is 1. The molecule has 108 valence electrons. The summed E-state index contributed by atoms with van der Waals surface area (Å²) in [6, 6.07) is 6.44. The van der Waals surface area contributed by atoms with E-state index < -0.39 is 0 Å². The van der Waals surface area contributed by atoms with Crippen LogP contribution in [0.25, 0.3) is 11.3 Å². The molecule has 3 nitrogen and oxygen atoms in total. The van der Waals surface area contributed by atoms with Gasteiger partial charge in [-0.2, -0.15) is 0 Å². The molecule has 4 rings (SSSR count). The molecule has 1 aliphatic carbocycles. The van der Waals surface area contributed by atoms with Crippen LogP contribution >= 0.6 is 8.35 Å². The van der Waals surface area contributed by atoms with Crippen molar-refractivity contribution in [3.05, 3.63) is 41.3 Å². The van der Waals surface area contributed by atoms with E-state index in [2.05, 4.69) is 35.4 Å². The Kier molecular flexibility index (Phi) is 3.23. The highest BCUT2D eigenvalue weighted by Gasteiger charge is 2.21. The van der Waals surface area contributed by atoms with Crippen molar-refractivity contribution in [1.29, 1.82) is 0 Å². The van der Waals surface area contributed by atoms with Crippen molar-refractivity contribution in [3.63, 3.8) is 0 Å². The van der Waals surface area contributed by atoms with Crippen molar-refractivity contribution in [1.82, 2.24) is 4.75 Å². The fourth-order valence-electron chi connectivity index (χ4n) is 3.34. The van der Waals surface area contributed by atoms with Crippen molar-refractivity contribution in [2.24, 2.45) is 0 Å². The molecule has 0 saturated carbocycles. The second-order valence-electron chi connectivity index (χ2n) is 5.87. The van der Waals surface area contributed by atoms with Gasteiger partial charge in [-0.15, -0.1) is 0 Å². The molecule has 1 unspecified atom stereocenters. The number of aryl methyl sites for hydroxylation is 1.